The Labute approximate surface area is 74.6 Å². The molecule has 0 bridgehead atoms. The quantitative estimate of drug-likeness (QED) is 0.623. The van der Waals surface area contributed by atoms with E-state index in [4.69, 9.17) is 0 Å². The molecule has 2 nitrogen and oxygen atoms in total. The third kappa shape index (κ3) is 1.89. The van der Waals surface area contributed by atoms with Gasteiger partial charge in [-0.1, -0.05) is 13.8 Å². The number of hydrogen-bond donors (Lipinski definition) is 1. The van der Waals surface area contributed by atoms with Crippen LogP contribution in [0.5, 0.6) is 0 Å². The highest BCUT2D eigenvalue weighted by molar-refractivity contribution is 5.18. The van der Waals surface area contributed by atoms with Crippen molar-refractivity contribution in [2.45, 2.75) is 33.9 Å². The van der Waals surface area contributed by atoms with Crippen molar-refractivity contribution < 1.29 is 0 Å². The highest BCUT2D eigenvalue weighted by atomic mass is 15.1. The molecule has 2 heterocycles. The van der Waals surface area contributed by atoms with Crippen LogP contribution in [0.3, 0.4) is 0 Å². The maximum Gasteiger partial charge on any atom is 0.0360 e. The van der Waals surface area contributed by atoms with Gasteiger partial charge in [0, 0.05) is 31.5 Å². The fraction of sp³-hybridized carbons (Fsp3) is 0.600. The van der Waals surface area contributed by atoms with Gasteiger partial charge in [0.15, 0.2) is 0 Å². The largest absolute Gasteiger partial charge is 0.349 e. The topological polar surface area (TPSA) is 17.0 Å². The van der Waals surface area contributed by atoms with Crippen LogP contribution in [0.15, 0.2) is 12.3 Å². The van der Waals surface area contributed by atoms with Gasteiger partial charge in [-0.3, -0.25) is 0 Å². The van der Waals surface area contributed by atoms with Crippen LogP contribution in [0.1, 0.15) is 25.1 Å². The predicted octanol–water partition coefficient (Wildman–Crippen LogP) is 1.93. The molecule has 0 atom stereocenters. The summed E-state index contributed by atoms with van der Waals surface area (Å²) in [6, 6.07) is 2.24. The summed E-state index contributed by atoms with van der Waals surface area (Å²) in [6.07, 6.45) is 2.22. The van der Waals surface area contributed by atoms with E-state index in [2.05, 4.69) is 29.1 Å². The van der Waals surface area contributed by atoms with Gasteiger partial charge in [0.2, 0.25) is 0 Å². The lowest BCUT2D eigenvalue weighted by atomic mass is 10.3. The van der Waals surface area contributed by atoms with Crippen LogP contribution in [-0.4, -0.2) is 11.1 Å². The summed E-state index contributed by atoms with van der Waals surface area (Å²) in [7, 11) is 0. The molecule has 2 heteroatoms. The second-order valence-corrected chi connectivity index (χ2v) is 2.88. The van der Waals surface area contributed by atoms with Crippen LogP contribution in [0.4, 0.5) is 0 Å². The van der Waals surface area contributed by atoms with E-state index in [1.807, 2.05) is 13.8 Å². The summed E-state index contributed by atoms with van der Waals surface area (Å²) >= 11 is 0. The van der Waals surface area contributed by atoms with Gasteiger partial charge in [-0.2, -0.15) is 0 Å². The van der Waals surface area contributed by atoms with E-state index < -0.39 is 0 Å². The molecule has 1 aromatic rings. The summed E-state index contributed by atoms with van der Waals surface area (Å²) in [5, 5.41) is 3.33. The number of aromatic nitrogens is 1. The normalized spacial score (nSPS) is 14.6. The zero-order chi connectivity index (χ0) is 8.97. The molecule has 1 N–H and O–H groups in total. The number of nitrogens with zero attached hydrogens (tertiary/aromatic N) is 1. The van der Waals surface area contributed by atoms with Crippen LogP contribution in [0.2, 0.25) is 0 Å². The van der Waals surface area contributed by atoms with Crippen LogP contribution in [0, 0.1) is 6.92 Å². The summed E-state index contributed by atoms with van der Waals surface area (Å²) in [5.74, 6) is 0. The van der Waals surface area contributed by atoms with Gasteiger partial charge in [-0.15, -0.1) is 0 Å². The van der Waals surface area contributed by atoms with E-state index in [-0.39, 0.29) is 0 Å². The minimum absolute atomic E-state index is 1.04. The zero-order valence-electron chi connectivity index (χ0n) is 8.22. The van der Waals surface area contributed by atoms with Crippen molar-refractivity contribution >= 4 is 0 Å². The molecule has 2 rings (SSSR count). The van der Waals surface area contributed by atoms with Gasteiger partial charge < -0.3 is 9.88 Å². The monoisotopic (exact) mass is 166 g/mol. The van der Waals surface area contributed by atoms with E-state index in [1.165, 1.54) is 11.3 Å². The lowest BCUT2D eigenvalue weighted by Crippen LogP contribution is -2.27. The molecule has 1 aromatic heterocycles. The van der Waals surface area contributed by atoms with Crippen LogP contribution < -0.4 is 5.32 Å². The standard InChI is InChI=1S/C8H12N2.C2H6/c1-7-4-8-5-9-2-3-10(8)6-7;1-2/h4,6,9H,2-3,5H2,1H3;1-2H3. The first-order valence-corrected chi connectivity index (χ1v) is 4.72. The average Bonchev–Trinajstić information content (AvgIpc) is 2.48. The molecule has 0 unspecified atom stereocenters. The molecular weight excluding hydrogens is 148 g/mol. The van der Waals surface area contributed by atoms with E-state index >= 15 is 0 Å². The minimum Gasteiger partial charge on any atom is -0.349 e. The highest BCUT2D eigenvalue weighted by Crippen LogP contribution is 2.09. The van der Waals surface area contributed by atoms with E-state index in [1.54, 1.807) is 0 Å². The van der Waals surface area contributed by atoms with Crippen molar-refractivity contribution in [1.82, 2.24) is 9.88 Å². The second-order valence-electron chi connectivity index (χ2n) is 2.88. The summed E-state index contributed by atoms with van der Waals surface area (Å²) in [5.41, 5.74) is 2.79. The summed E-state index contributed by atoms with van der Waals surface area (Å²) < 4.78 is 2.33. The van der Waals surface area contributed by atoms with E-state index in [9.17, 15) is 0 Å². The minimum atomic E-state index is 1.04. The molecule has 12 heavy (non-hydrogen) atoms. The average molecular weight is 166 g/mol. The lowest BCUT2D eigenvalue weighted by molar-refractivity contribution is 0.516. The molecule has 1 aliphatic rings. The third-order valence-corrected chi connectivity index (χ3v) is 1.96. The van der Waals surface area contributed by atoms with Crippen molar-refractivity contribution in [3.8, 4) is 0 Å². The third-order valence-electron chi connectivity index (χ3n) is 1.96. The Morgan fingerprint density at radius 1 is 1.42 bits per heavy atom. The van der Waals surface area contributed by atoms with Crippen molar-refractivity contribution in [1.29, 1.82) is 0 Å². The number of fused-ring (bicyclic) bond motifs is 1. The highest BCUT2D eigenvalue weighted by Gasteiger charge is 2.06. The van der Waals surface area contributed by atoms with Crippen LogP contribution >= 0.6 is 0 Å². The number of rotatable bonds is 0. The van der Waals surface area contributed by atoms with Gasteiger partial charge >= 0.3 is 0 Å². The summed E-state index contributed by atoms with van der Waals surface area (Å²) in [6.45, 7) is 9.42. The zero-order valence-corrected chi connectivity index (χ0v) is 8.22. The Morgan fingerprint density at radius 2 is 2.17 bits per heavy atom. The van der Waals surface area contributed by atoms with E-state index in [0.717, 1.165) is 19.6 Å². The first-order valence-electron chi connectivity index (χ1n) is 4.72. The van der Waals surface area contributed by atoms with Gasteiger partial charge in [0.05, 0.1) is 0 Å². The molecular formula is C10H18N2. The number of hydrogen-bond acceptors (Lipinski definition) is 1. The number of nitrogens with one attached hydrogen (secondary N) is 1. The first kappa shape index (κ1) is 9.33. The van der Waals surface area contributed by atoms with Crippen LogP contribution in [-0.2, 0) is 13.1 Å². The molecule has 0 aliphatic carbocycles. The van der Waals surface area contributed by atoms with E-state index in [0.29, 0.717) is 0 Å². The molecule has 0 saturated carbocycles. The Kier molecular flexibility index (Phi) is 3.35. The Hall–Kier alpha value is -0.760. The molecule has 0 saturated heterocycles. The maximum absolute atomic E-state index is 3.33. The Morgan fingerprint density at radius 3 is 2.83 bits per heavy atom. The Bertz CT molecular complexity index is 214. The van der Waals surface area contributed by atoms with Crippen molar-refractivity contribution in [3.63, 3.8) is 0 Å². The smallest absolute Gasteiger partial charge is 0.0360 e. The predicted molar refractivity (Wildman–Crippen MR) is 52.2 cm³/mol. The van der Waals surface area contributed by atoms with Crippen LogP contribution in [0.25, 0.3) is 0 Å². The fourth-order valence-electron chi connectivity index (χ4n) is 1.49. The molecule has 1 aliphatic heterocycles. The summed E-state index contributed by atoms with van der Waals surface area (Å²) in [4.78, 5) is 0. The first-order chi connectivity index (χ1) is 5.86. The van der Waals surface area contributed by atoms with Crippen molar-refractivity contribution in [3.05, 3.63) is 23.5 Å². The lowest BCUT2D eigenvalue weighted by Gasteiger charge is -2.15. The van der Waals surface area contributed by atoms with Gasteiger partial charge in [0.25, 0.3) is 0 Å². The molecule has 0 fully saturated rings. The van der Waals surface area contributed by atoms with Crippen molar-refractivity contribution in [2.75, 3.05) is 6.54 Å². The Balaban J connectivity index is 0.000000336. The molecule has 0 radical (unpaired) electrons. The van der Waals surface area contributed by atoms with Crippen molar-refractivity contribution in [2.24, 2.45) is 0 Å². The van der Waals surface area contributed by atoms with Gasteiger partial charge in [-0.05, 0) is 18.6 Å². The maximum atomic E-state index is 3.33. The molecule has 0 aromatic carbocycles. The molecule has 0 spiro atoms. The SMILES string of the molecule is CC.Cc1cc2n(c1)CCNC2. The molecule has 0 amide bonds. The van der Waals surface area contributed by atoms with Gasteiger partial charge in [0.1, 0.15) is 0 Å². The number of aryl methyl sites for hydroxylation is 1. The second kappa shape index (κ2) is 4.31. The van der Waals surface area contributed by atoms with Gasteiger partial charge in [-0.25, -0.2) is 0 Å². The fourth-order valence-corrected chi connectivity index (χ4v) is 1.49. The molecule has 68 valence electrons.